The molecular weight excluding hydrogens is 431 g/mol. The van der Waals surface area contributed by atoms with E-state index < -0.39 is 52.8 Å². The number of aliphatic hydroxyl groups is 1. The number of aliphatic hydroxyl groups excluding tert-OH is 1. The van der Waals surface area contributed by atoms with Crippen molar-refractivity contribution in [2.24, 2.45) is 0 Å². The van der Waals surface area contributed by atoms with Gasteiger partial charge in [-0.15, -0.1) is 0 Å². The Morgan fingerprint density at radius 1 is 1.30 bits per heavy atom. The molecule has 0 radical (unpaired) electrons. The predicted molar refractivity (Wildman–Crippen MR) is 102 cm³/mol. The molecule has 8 nitrogen and oxygen atoms in total. The van der Waals surface area contributed by atoms with E-state index in [-0.39, 0.29) is 25.5 Å². The number of anilines is 1. The first-order valence-electron chi connectivity index (χ1n) is 9.00. The van der Waals surface area contributed by atoms with Crippen LogP contribution in [0, 0.1) is 0 Å². The van der Waals surface area contributed by atoms with Gasteiger partial charge in [0, 0.05) is 19.6 Å². The Morgan fingerprint density at radius 2 is 1.93 bits per heavy atom. The van der Waals surface area contributed by atoms with Crippen molar-refractivity contribution in [2.75, 3.05) is 38.3 Å². The van der Waals surface area contributed by atoms with Crippen LogP contribution in [0.2, 0.25) is 5.15 Å². The number of hydrogen-bond acceptors (Lipinski definition) is 7. The van der Waals surface area contributed by atoms with Crippen LogP contribution in [-0.4, -0.2) is 72.0 Å². The zero-order valence-electron chi connectivity index (χ0n) is 16.9. The summed E-state index contributed by atoms with van der Waals surface area (Å²) >= 11 is 5.74. The number of halogens is 4. The molecule has 1 fully saturated rings. The van der Waals surface area contributed by atoms with E-state index >= 15 is 0 Å². The molecule has 1 saturated heterocycles. The Bertz CT molecular complexity index is 813. The number of alkyl halides is 3. The number of methoxy groups -OCH3 is 1. The number of nitrogens with zero attached hydrogens (tertiary/aromatic N) is 3. The average Bonchev–Trinajstić information content (AvgIpc) is 2.64. The number of hydrogen-bond donors (Lipinski definition) is 1. The van der Waals surface area contributed by atoms with Gasteiger partial charge in [-0.2, -0.15) is 13.2 Å². The minimum atomic E-state index is -4.82. The van der Waals surface area contributed by atoms with E-state index in [9.17, 15) is 27.9 Å². The molecule has 1 aromatic heterocycles. The number of rotatable bonds is 3. The summed E-state index contributed by atoms with van der Waals surface area (Å²) in [5.41, 5.74) is -2.44. The molecule has 0 aliphatic carbocycles. The molecule has 1 atom stereocenters. The van der Waals surface area contributed by atoms with Gasteiger partial charge in [-0.25, -0.2) is 14.6 Å². The Labute approximate surface area is 176 Å². The molecule has 0 saturated carbocycles. The lowest BCUT2D eigenvalue weighted by molar-refractivity contribution is -0.137. The maximum Gasteiger partial charge on any atom is 0.419 e. The van der Waals surface area contributed by atoms with Crippen LogP contribution < -0.4 is 4.90 Å². The lowest BCUT2D eigenvalue weighted by Gasteiger charge is -2.42. The number of carbonyl (C=O) groups excluding carboxylic acids is 2. The van der Waals surface area contributed by atoms with Crippen molar-refractivity contribution in [1.82, 2.24) is 9.88 Å². The van der Waals surface area contributed by atoms with E-state index in [0.717, 1.165) is 7.11 Å². The highest BCUT2D eigenvalue weighted by molar-refractivity contribution is 6.30. The van der Waals surface area contributed by atoms with Gasteiger partial charge < -0.3 is 24.4 Å². The van der Waals surface area contributed by atoms with Crippen LogP contribution in [-0.2, 0) is 15.7 Å². The quantitative estimate of drug-likeness (QED) is 0.555. The zero-order valence-corrected chi connectivity index (χ0v) is 17.7. The lowest BCUT2D eigenvalue weighted by atomic mass is 10.1. The van der Waals surface area contributed by atoms with Crippen LogP contribution in [0.1, 0.15) is 36.7 Å². The fourth-order valence-corrected chi connectivity index (χ4v) is 3.18. The number of piperazine rings is 1. The summed E-state index contributed by atoms with van der Waals surface area (Å²) in [5.74, 6) is -1.20. The van der Waals surface area contributed by atoms with Gasteiger partial charge in [-0.05, 0) is 26.8 Å². The maximum atomic E-state index is 13.2. The van der Waals surface area contributed by atoms with E-state index in [1.807, 2.05) is 0 Å². The number of aromatic nitrogens is 1. The van der Waals surface area contributed by atoms with Crippen LogP contribution in [0.3, 0.4) is 0 Å². The van der Waals surface area contributed by atoms with Crippen molar-refractivity contribution in [3.63, 3.8) is 0 Å². The highest BCUT2D eigenvalue weighted by Crippen LogP contribution is 2.37. The Kier molecular flexibility index (Phi) is 7.08. The number of carbonyl (C=O) groups is 2. The second-order valence-electron chi connectivity index (χ2n) is 7.64. The van der Waals surface area contributed by atoms with Crippen molar-refractivity contribution >= 4 is 29.5 Å². The number of pyridine rings is 1. The van der Waals surface area contributed by atoms with Crippen LogP contribution in [0.5, 0.6) is 0 Å². The molecule has 1 aromatic rings. The first-order valence-corrected chi connectivity index (χ1v) is 9.37. The largest absolute Gasteiger partial charge is 0.465 e. The highest BCUT2D eigenvalue weighted by Gasteiger charge is 2.39. The Balaban J connectivity index is 2.40. The van der Waals surface area contributed by atoms with Gasteiger partial charge >= 0.3 is 18.2 Å². The van der Waals surface area contributed by atoms with Crippen LogP contribution >= 0.6 is 11.6 Å². The van der Waals surface area contributed by atoms with Crippen molar-refractivity contribution in [3.8, 4) is 0 Å². The van der Waals surface area contributed by atoms with Crippen molar-refractivity contribution in [1.29, 1.82) is 0 Å². The van der Waals surface area contributed by atoms with Gasteiger partial charge in [0.25, 0.3) is 0 Å². The summed E-state index contributed by atoms with van der Waals surface area (Å²) in [6, 6.07) is -0.180. The molecule has 0 spiro atoms. The van der Waals surface area contributed by atoms with Gasteiger partial charge in [-0.3, -0.25) is 0 Å². The molecule has 2 heterocycles. The molecular formula is C18H23ClF3N3O5. The zero-order chi connectivity index (χ0) is 22.9. The summed E-state index contributed by atoms with van der Waals surface area (Å²) in [6.07, 6.45) is -5.41. The lowest BCUT2D eigenvalue weighted by Crippen LogP contribution is -2.57. The topological polar surface area (TPSA) is 92.2 Å². The van der Waals surface area contributed by atoms with Gasteiger partial charge in [0.1, 0.15) is 22.1 Å². The van der Waals surface area contributed by atoms with Gasteiger partial charge in [-0.1, -0.05) is 11.6 Å². The number of ether oxygens (including phenoxy) is 2. The molecule has 1 N–H and O–H groups in total. The van der Waals surface area contributed by atoms with Crippen molar-refractivity contribution < 1.29 is 37.3 Å². The second-order valence-corrected chi connectivity index (χ2v) is 8.00. The summed E-state index contributed by atoms with van der Waals surface area (Å²) in [5, 5.41) is 8.98. The normalized spacial score (nSPS) is 17.7. The maximum absolute atomic E-state index is 13.2. The first kappa shape index (κ1) is 24.0. The Hall–Kier alpha value is -2.27. The molecule has 12 heteroatoms. The monoisotopic (exact) mass is 453 g/mol. The fraction of sp³-hybridized carbons (Fsp3) is 0.611. The Morgan fingerprint density at radius 3 is 2.43 bits per heavy atom. The van der Waals surface area contributed by atoms with E-state index in [1.165, 1.54) is 9.80 Å². The highest BCUT2D eigenvalue weighted by atomic mass is 35.5. The van der Waals surface area contributed by atoms with Crippen LogP contribution in [0.15, 0.2) is 6.07 Å². The third-order valence-electron chi connectivity index (χ3n) is 4.28. The minimum absolute atomic E-state index is 0.00630. The molecule has 168 valence electrons. The van der Waals surface area contributed by atoms with Crippen LogP contribution in [0.4, 0.5) is 23.8 Å². The molecule has 0 aromatic carbocycles. The molecule has 1 aliphatic heterocycles. The minimum Gasteiger partial charge on any atom is -0.465 e. The summed E-state index contributed by atoms with van der Waals surface area (Å²) in [7, 11) is 1.03. The third kappa shape index (κ3) is 5.45. The third-order valence-corrected chi connectivity index (χ3v) is 4.57. The van der Waals surface area contributed by atoms with E-state index in [2.05, 4.69) is 9.72 Å². The van der Waals surface area contributed by atoms with Gasteiger partial charge in [0.15, 0.2) is 0 Å². The molecule has 0 bridgehead atoms. The molecule has 1 aliphatic rings. The number of amides is 1. The van der Waals surface area contributed by atoms with E-state index in [4.69, 9.17) is 16.3 Å². The standard InChI is InChI=1S/C18H23ClF3N3O5/c1-17(2,3)30-16(28)24-5-6-25(10(8-24)9-26)14-11(15(27)29-4)7-12(13(19)23-14)18(20,21)22/h7,10,26H,5-6,8-9H2,1-4H3. The molecule has 1 amide bonds. The molecule has 30 heavy (non-hydrogen) atoms. The van der Waals surface area contributed by atoms with Gasteiger partial charge in [0.2, 0.25) is 0 Å². The number of esters is 1. The predicted octanol–water partition coefficient (Wildman–Crippen LogP) is 2.96. The van der Waals surface area contributed by atoms with Crippen molar-refractivity contribution in [2.45, 2.75) is 38.6 Å². The van der Waals surface area contributed by atoms with E-state index in [1.54, 1.807) is 20.8 Å². The van der Waals surface area contributed by atoms with Crippen LogP contribution in [0.25, 0.3) is 0 Å². The first-order chi connectivity index (χ1) is 13.8. The summed E-state index contributed by atoms with van der Waals surface area (Å²) in [6.45, 7) is 4.88. The second kappa shape index (κ2) is 8.84. The smallest absolute Gasteiger partial charge is 0.419 e. The summed E-state index contributed by atoms with van der Waals surface area (Å²) in [4.78, 5) is 31.0. The summed E-state index contributed by atoms with van der Waals surface area (Å²) < 4.78 is 49.5. The molecule has 1 unspecified atom stereocenters. The van der Waals surface area contributed by atoms with Gasteiger partial charge in [0.05, 0.1) is 25.3 Å². The van der Waals surface area contributed by atoms with E-state index in [0.29, 0.717) is 6.07 Å². The average molecular weight is 454 g/mol. The van der Waals surface area contributed by atoms with Crippen molar-refractivity contribution in [3.05, 3.63) is 22.3 Å². The molecule has 2 rings (SSSR count). The fourth-order valence-electron chi connectivity index (χ4n) is 2.94. The SMILES string of the molecule is COC(=O)c1cc(C(F)(F)F)c(Cl)nc1N1CCN(C(=O)OC(C)(C)C)CC1CO.